The Balaban J connectivity index is 1.36. The van der Waals surface area contributed by atoms with E-state index in [1.807, 2.05) is 45.2 Å². The molecule has 1 N–H and O–H groups in total. The van der Waals surface area contributed by atoms with Gasteiger partial charge in [-0.2, -0.15) is 0 Å². The largest absolute Gasteiger partial charge is 0.465 e. The molecule has 4 heterocycles. The second-order valence-electron chi connectivity index (χ2n) is 10.9. The summed E-state index contributed by atoms with van der Waals surface area (Å²) in [6.07, 6.45) is 7.40. The summed E-state index contributed by atoms with van der Waals surface area (Å²) in [6.45, 7) is 8.14. The molecule has 3 aromatic heterocycles. The van der Waals surface area contributed by atoms with Gasteiger partial charge in [0.2, 0.25) is 0 Å². The van der Waals surface area contributed by atoms with Gasteiger partial charge in [0, 0.05) is 37.6 Å². The number of fused-ring (bicyclic) bond motifs is 2. The lowest BCUT2D eigenvalue weighted by atomic mass is 9.91. The number of carbonyl (C=O) groups is 1. The molecule has 0 saturated carbocycles. The van der Waals surface area contributed by atoms with E-state index in [0.29, 0.717) is 12.6 Å². The van der Waals surface area contributed by atoms with Gasteiger partial charge in [0.15, 0.2) is 0 Å². The Hall–Kier alpha value is -3.13. The number of aromatic nitrogens is 3. The van der Waals surface area contributed by atoms with Crippen LogP contribution in [0.5, 0.6) is 0 Å². The van der Waals surface area contributed by atoms with Crippen LogP contribution in [-0.2, 0) is 13.0 Å². The van der Waals surface area contributed by atoms with E-state index in [2.05, 4.69) is 39.6 Å². The number of aryl methyl sites for hydroxylation is 1. The maximum absolute atomic E-state index is 12.0. The third-order valence-electron chi connectivity index (χ3n) is 7.41. The monoisotopic (exact) mass is 476 g/mol. The van der Waals surface area contributed by atoms with E-state index in [1.165, 1.54) is 17.7 Å². The van der Waals surface area contributed by atoms with Gasteiger partial charge in [0.25, 0.3) is 0 Å². The molecule has 1 saturated heterocycles. The molecule has 0 spiro atoms. The first kappa shape index (κ1) is 23.6. The summed E-state index contributed by atoms with van der Waals surface area (Å²) in [7, 11) is 2.16. The highest BCUT2D eigenvalue weighted by atomic mass is 16.4. The summed E-state index contributed by atoms with van der Waals surface area (Å²) in [4.78, 5) is 27.9. The van der Waals surface area contributed by atoms with E-state index in [4.69, 9.17) is 9.97 Å². The van der Waals surface area contributed by atoms with Crippen LogP contribution in [0, 0.1) is 0 Å². The van der Waals surface area contributed by atoms with Crippen molar-refractivity contribution in [3.05, 3.63) is 59.7 Å². The molecule has 1 fully saturated rings. The Morgan fingerprint density at radius 1 is 1.20 bits per heavy atom. The Morgan fingerprint density at radius 3 is 2.80 bits per heavy atom. The molecule has 0 radical (unpaired) electrons. The number of hydrogen-bond donors (Lipinski definition) is 1. The SMILES string of the molecule is CN(Cc1cn2c(N3CC[C@@H](N(C(=O)O)C(C)(C)C)C3)cccc2n1)[C@H]1CCCc2cccnc21. The zero-order valence-corrected chi connectivity index (χ0v) is 21.2. The molecular formula is C27H36N6O2. The molecule has 1 aliphatic carbocycles. The second-order valence-corrected chi connectivity index (χ2v) is 10.9. The van der Waals surface area contributed by atoms with Gasteiger partial charge >= 0.3 is 6.09 Å². The van der Waals surface area contributed by atoms with E-state index in [1.54, 1.807) is 4.90 Å². The lowest BCUT2D eigenvalue weighted by Crippen LogP contribution is -2.52. The zero-order chi connectivity index (χ0) is 24.7. The van der Waals surface area contributed by atoms with Gasteiger partial charge in [-0.15, -0.1) is 0 Å². The Kier molecular flexibility index (Phi) is 6.17. The number of imidazole rings is 1. The van der Waals surface area contributed by atoms with Crippen molar-refractivity contribution in [2.45, 2.75) is 70.6 Å². The summed E-state index contributed by atoms with van der Waals surface area (Å²) in [5.74, 6) is 1.07. The van der Waals surface area contributed by atoms with Crippen molar-refractivity contribution >= 4 is 17.6 Å². The molecule has 5 rings (SSSR count). The van der Waals surface area contributed by atoms with Gasteiger partial charge in [-0.1, -0.05) is 12.1 Å². The molecule has 3 aromatic rings. The Morgan fingerprint density at radius 2 is 2.03 bits per heavy atom. The maximum atomic E-state index is 12.0. The molecule has 8 heteroatoms. The lowest BCUT2D eigenvalue weighted by Gasteiger charge is -2.38. The van der Waals surface area contributed by atoms with Gasteiger partial charge < -0.3 is 10.0 Å². The van der Waals surface area contributed by atoms with Crippen LogP contribution in [0.1, 0.15) is 63.0 Å². The van der Waals surface area contributed by atoms with Crippen molar-refractivity contribution in [3.8, 4) is 0 Å². The minimum atomic E-state index is -0.853. The van der Waals surface area contributed by atoms with Crippen molar-refractivity contribution in [1.29, 1.82) is 0 Å². The summed E-state index contributed by atoms with van der Waals surface area (Å²) >= 11 is 0. The number of nitrogens with zero attached hydrogens (tertiary/aromatic N) is 6. The van der Waals surface area contributed by atoms with Crippen LogP contribution in [0.25, 0.3) is 5.65 Å². The molecule has 0 aromatic carbocycles. The Bertz CT molecular complexity index is 1220. The Labute approximate surface area is 207 Å². The number of amides is 1. The van der Waals surface area contributed by atoms with Crippen LogP contribution in [0.4, 0.5) is 10.6 Å². The number of rotatable bonds is 5. The molecule has 186 valence electrons. The maximum Gasteiger partial charge on any atom is 0.408 e. The molecule has 0 bridgehead atoms. The molecule has 8 nitrogen and oxygen atoms in total. The third kappa shape index (κ3) is 4.59. The van der Waals surface area contributed by atoms with Crippen molar-refractivity contribution in [3.63, 3.8) is 0 Å². The molecule has 0 unspecified atom stereocenters. The van der Waals surface area contributed by atoms with Crippen LogP contribution in [0.3, 0.4) is 0 Å². The van der Waals surface area contributed by atoms with Crippen molar-refractivity contribution in [1.82, 2.24) is 24.2 Å². The molecule has 1 aliphatic heterocycles. The van der Waals surface area contributed by atoms with Gasteiger partial charge in [0.05, 0.1) is 23.5 Å². The normalized spacial score (nSPS) is 20.4. The molecular weight excluding hydrogens is 440 g/mol. The van der Waals surface area contributed by atoms with Crippen LogP contribution < -0.4 is 4.90 Å². The number of pyridine rings is 2. The molecule has 35 heavy (non-hydrogen) atoms. The fourth-order valence-corrected chi connectivity index (χ4v) is 5.91. The highest BCUT2D eigenvalue weighted by molar-refractivity contribution is 5.67. The fraction of sp³-hybridized carbons (Fsp3) is 0.519. The molecule has 2 atom stereocenters. The molecule has 2 aliphatic rings. The van der Waals surface area contributed by atoms with E-state index < -0.39 is 11.6 Å². The van der Waals surface area contributed by atoms with E-state index in [9.17, 15) is 9.90 Å². The predicted octanol–water partition coefficient (Wildman–Crippen LogP) is 4.60. The second kappa shape index (κ2) is 9.15. The van der Waals surface area contributed by atoms with E-state index >= 15 is 0 Å². The van der Waals surface area contributed by atoms with Gasteiger partial charge in [-0.05, 0) is 77.3 Å². The summed E-state index contributed by atoms with van der Waals surface area (Å²) in [5, 5.41) is 9.84. The zero-order valence-electron chi connectivity index (χ0n) is 21.2. The number of hydrogen-bond acceptors (Lipinski definition) is 5. The highest BCUT2D eigenvalue weighted by Crippen LogP contribution is 2.33. The standard InChI is InChI=1S/C27H36N6O2/c1-27(2,3)33(26(34)35)21-13-15-31(18-21)24-12-6-11-23-29-20(17-32(23)24)16-30(4)22-10-5-8-19-9-7-14-28-25(19)22/h6-7,9,11-12,14,17,21-22H,5,8,10,13,15-16,18H2,1-4H3,(H,34,35)/t21-,22+/m1/s1. The fourth-order valence-electron chi connectivity index (χ4n) is 5.91. The van der Waals surface area contributed by atoms with E-state index in [0.717, 1.165) is 49.5 Å². The topological polar surface area (TPSA) is 77.2 Å². The van der Waals surface area contributed by atoms with Crippen molar-refractivity contribution in [2.24, 2.45) is 0 Å². The first-order chi connectivity index (χ1) is 16.7. The average molecular weight is 477 g/mol. The average Bonchev–Trinajstić information content (AvgIpc) is 3.44. The van der Waals surface area contributed by atoms with Crippen LogP contribution in [-0.4, -0.2) is 67.1 Å². The van der Waals surface area contributed by atoms with Gasteiger partial charge in [-0.3, -0.25) is 19.2 Å². The third-order valence-corrected chi connectivity index (χ3v) is 7.41. The molecule has 1 amide bonds. The van der Waals surface area contributed by atoms with Crippen LogP contribution >= 0.6 is 0 Å². The van der Waals surface area contributed by atoms with Crippen molar-refractivity contribution < 1.29 is 9.90 Å². The van der Waals surface area contributed by atoms with Gasteiger partial charge in [-0.25, -0.2) is 9.78 Å². The lowest BCUT2D eigenvalue weighted by molar-refractivity contribution is 0.0763. The first-order valence-electron chi connectivity index (χ1n) is 12.6. The van der Waals surface area contributed by atoms with Gasteiger partial charge in [0.1, 0.15) is 11.5 Å². The first-order valence-corrected chi connectivity index (χ1v) is 12.6. The minimum absolute atomic E-state index is 0.0317. The van der Waals surface area contributed by atoms with E-state index in [-0.39, 0.29) is 6.04 Å². The van der Waals surface area contributed by atoms with Crippen LogP contribution in [0.15, 0.2) is 42.7 Å². The quantitative estimate of drug-likeness (QED) is 0.580. The summed E-state index contributed by atoms with van der Waals surface area (Å²) in [6, 6.07) is 10.7. The minimum Gasteiger partial charge on any atom is -0.465 e. The van der Waals surface area contributed by atoms with Crippen molar-refractivity contribution in [2.75, 3.05) is 25.0 Å². The summed E-state index contributed by atoms with van der Waals surface area (Å²) in [5.41, 5.74) is 4.08. The van der Waals surface area contributed by atoms with Crippen LogP contribution in [0.2, 0.25) is 0 Å². The number of anilines is 1. The number of carboxylic acid groups (broad SMARTS) is 1. The smallest absolute Gasteiger partial charge is 0.408 e. The predicted molar refractivity (Wildman–Crippen MR) is 137 cm³/mol. The summed E-state index contributed by atoms with van der Waals surface area (Å²) < 4.78 is 2.15. The highest BCUT2D eigenvalue weighted by Gasteiger charge is 2.37.